The molecule has 0 radical (unpaired) electrons. The van der Waals surface area contributed by atoms with E-state index < -0.39 is 28.3 Å². The van der Waals surface area contributed by atoms with Crippen molar-refractivity contribution in [2.24, 2.45) is 5.73 Å². The van der Waals surface area contributed by atoms with E-state index in [0.717, 1.165) is 12.1 Å². The highest BCUT2D eigenvalue weighted by atomic mass is 19.4. The largest absolute Gasteiger partial charge is 0.416 e. The van der Waals surface area contributed by atoms with Gasteiger partial charge in [0.1, 0.15) is 5.69 Å². The van der Waals surface area contributed by atoms with E-state index in [9.17, 15) is 28.1 Å². The number of rotatable bonds is 4. The smallest absolute Gasteiger partial charge is 0.366 e. The number of benzene rings is 2. The molecular weight excluding hydrogens is 315 g/mol. The molecular formula is C14H10F3N3O3. The van der Waals surface area contributed by atoms with Crippen molar-refractivity contribution in [3.63, 3.8) is 0 Å². The fourth-order valence-corrected chi connectivity index (χ4v) is 1.84. The van der Waals surface area contributed by atoms with Crippen LogP contribution < -0.4 is 11.1 Å². The van der Waals surface area contributed by atoms with E-state index in [1.165, 1.54) is 24.3 Å². The summed E-state index contributed by atoms with van der Waals surface area (Å²) < 4.78 is 37.9. The molecule has 3 N–H and O–H groups in total. The summed E-state index contributed by atoms with van der Waals surface area (Å²) in [6.45, 7) is 0. The van der Waals surface area contributed by atoms with Crippen molar-refractivity contribution < 1.29 is 22.9 Å². The fraction of sp³-hybridized carbons (Fsp3) is 0.0714. The minimum Gasteiger partial charge on any atom is -0.366 e. The van der Waals surface area contributed by atoms with Gasteiger partial charge in [-0.1, -0.05) is 0 Å². The molecule has 0 aliphatic rings. The first-order valence-electron chi connectivity index (χ1n) is 6.21. The third-order valence-electron chi connectivity index (χ3n) is 2.97. The Balaban J connectivity index is 2.35. The number of nitrogens with zero attached hydrogens (tertiary/aromatic N) is 1. The number of nitro groups is 1. The molecule has 0 spiro atoms. The lowest BCUT2D eigenvalue weighted by Crippen LogP contribution is -2.10. The van der Waals surface area contributed by atoms with Crippen molar-refractivity contribution in [1.29, 1.82) is 0 Å². The molecule has 0 heterocycles. The highest BCUT2D eigenvalue weighted by molar-refractivity contribution is 5.93. The van der Waals surface area contributed by atoms with Crippen LogP contribution in [0.15, 0.2) is 42.5 Å². The number of amides is 1. The maximum absolute atomic E-state index is 12.6. The van der Waals surface area contributed by atoms with Crippen molar-refractivity contribution in [3.05, 3.63) is 63.7 Å². The van der Waals surface area contributed by atoms with Gasteiger partial charge in [-0.3, -0.25) is 14.9 Å². The molecule has 0 aromatic heterocycles. The van der Waals surface area contributed by atoms with Gasteiger partial charge in [-0.25, -0.2) is 0 Å². The van der Waals surface area contributed by atoms with Crippen LogP contribution >= 0.6 is 0 Å². The number of carbonyl (C=O) groups excluding carboxylic acids is 1. The summed E-state index contributed by atoms with van der Waals surface area (Å²) in [5.74, 6) is -0.642. The first-order chi connectivity index (χ1) is 10.7. The lowest BCUT2D eigenvalue weighted by atomic mass is 10.1. The Morgan fingerprint density at radius 3 is 2.22 bits per heavy atom. The molecule has 9 heteroatoms. The number of carbonyl (C=O) groups is 1. The first-order valence-corrected chi connectivity index (χ1v) is 6.21. The Labute approximate surface area is 127 Å². The lowest BCUT2D eigenvalue weighted by Gasteiger charge is -2.10. The van der Waals surface area contributed by atoms with E-state index in [1.54, 1.807) is 0 Å². The fourth-order valence-electron chi connectivity index (χ4n) is 1.84. The van der Waals surface area contributed by atoms with Crippen molar-refractivity contribution in [2.45, 2.75) is 6.18 Å². The van der Waals surface area contributed by atoms with E-state index in [2.05, 4.69) is 5.32 Å². The average molecular weight is 325 g/mol. The number of primary amides is 1. The van der Waals surface area contributed by atoms with Crippen LogP contribution in [-0.2, 0) is 6.18 Å². The Morgan fingerprint density at radius 2 is 1.74 bits per heavy atom. The van der Waals surface area contributed by atoms with Crippen LogP contribution in [0.1, 0.15) is 15.9 Å². The van der Waals surface area contributed by atoms with Crippen molar-refractivity contribution >= 4 is 23.0 Å². The lowest BCUT2D eigenvalue weighted by molar-refractivity contribution is -0.384. The second kappa shape index (κ2) is 5.95. The van der Waals surface area contributed by atoms with Crippen LogP contribution in [-0.4, -0.2) is 10.8 Å². The van der Waals surface area contributed by atoms with Gasteiger partial charge < -0.3 is 11.1 Å². The summed E-state index contributed by atoms with van der Waals surface area (Å²) in [6.07, 6.45) is -4.67. The molecule has 23 heavy (non-hydrogen) atoms. The quantitative estimate of drug-likeness (QED) is 0.664. The molecule has 6 nitrogen and oxygen atoms in total. The molecule has 0 saturated heterocycles. The van der Waals surface area contributed by atoms with E-state index >= 15 is 0 Å². The number of nitrogens with one attached hydrogen (secondary N) is 1. The van der Waals surface area contributed by atoms with E-state index in [4.69, 9.17) is 5.73 Å². The number of halogens is 3. The topological polar surface area (TPSA) is 98.3 Å². The number of nitrogens with two attached hydrogens (primary N) is 1. The van der Waals surface area contributed by atoms with Crippen LogP contribution in [0.25, 0.3) is 0 Å². The summed E-state index contributed by atoms with van der Waals surface area (Å²) in [6, 6.07) is 7.82. The van der Waals surface area contributed by atoms with Crippen molar-refractivity contribution in [3.8, 4) is 0 Å². The average Bonchev–Trinajstić information content (AvgIpc) is 2.46. The van der Waals surface area contributed by atoms with Gasteiger partial charge in [0.2, 0.25) is 5.91 Å². The minimum absolute atomic E-state index is 0.102. The maximum Gasteiger partial charge on any atom is 0.416 e. The molecule has 2 aromatic carbocycles. The minimum atomic E-state index is -4.67. The normalized spacial score (nSPS) is 11.1. The van der Waals surface area contributed by atoms with Crippen LogP contribution in [0.2, 0.25) is 0 Å². The van der Waals surface area contributed by atoms with Gasteiger partial charge in [0.25, 0.3) is 5.69 Å². The number of anilines is 2. The Bertz CT molecular complexity index is 758. The SMILES string of the molecule is NC(=O)c1ccc(Nc2ccc(C(F)(F)F)cc2[N+](=O)[O-])cc1. The summed E-state index contributed by atoms with van der Waals surface area (Å²) in [7, 11) is 0. The number of nitro benzene ring substituents is 1. The van der Waals surface area contributed by atoms with Crippen molar-refractivity contribution in [1.82, 2.24) is 0 Å². The summed E-state index contributed by atoms with van der Waals surface area (Å²) in [5.41, 5.74) is 3.75. The number of hydrogen-bond acceptors (Lipinski definition) is 4. The molecule has 0 atom stereocenters. The molecule has 0 aliphatic carbocycles. The zero-order valence-electron chi connectivity index (χ0n) is 11.4. The van der Waals surface area contributed by atoms with Gasteiger partial charge in [-0.05, 0) is 36.4 Å². The third-order valence-corrected chi connectivity index (χ3v) is 2.97. The van der Waals surface area contributed by atoms with Crippen LogP contribution in [0.3, 0.4) is 0 Å². The molecule has 0 saturated carbocycles. The van der Waals surface area contributed by atoms with Gasteiger partial charge in [0.05, 0.1) is 10.5 Å². The Hall–Kier alpha value is -3.10. The maximum atomic E-state index is 12.6. The predicted molar refractivity (Wildman–Crippen MR) is 76.3 cm³/mol. The Morgan fingerprint density at radius 1 is 1.13 bits per heavy atom. The highest BCUT2D eigenvalue weighted by Gasteiger charge is 2.33. The number of alkyl halides is 3. The van der Waals surface area contributed by atoms with Crippen LogP contribution in [0.4, 0.5) is 30.2 Å². The summed E-state index contributed by atoms with van der Waals surface area (Å²) >= 11 is 0. The van der Waals surface area contributed by atoms with Gasteiger partial charge >= 0.3 is 6.18 Å². The van der Waals surface area contributed by atoms with Crippen LogP contribution in [0, 0.1) is 10.1 Å². The Kier molecular flexibility index (Phi) is 4.21. The van der Waals surface area contributed by atoms with E-state index in [0.29, 0.717) is 11.8 Å². The summed E-state index contributed by atoms with van der Waals surface area (Å²) in [5, 5.41) is 13.6. The molecule has 0 fully saturated rings. The third kappa shape index (κ3) is 3.76. The van der Waals surface area contributed by atoms with E-state index in [-0.39, 0.29) is 11.3 Å². The standard InChI is InChI=1S/C14H10F3N3O3/c15-14(16,17)9-3-6-11(12(7-9)20(22)23)19-10-4-1-8(2-5-10)13(18)21/h1-7,19H,(H2,18,21). The van der Waals surface area contributed by atoms with Gasteiger partial charge in [-0.2, -0.15) is 13.2 Å². The zero-order chi connectivity index (χ0) is 17.2. The molecule has 1 amide bonds. The van der Waals surface area contributed by atoms with Gasteiger partial charge in [0.15, 0.2) is 0 Å². The molecule has 2 rings (SSSR count). The molecule has 0 aliphatic heterocycles. The van der Waals surface area contributed by atoms with E-state index in [1.807, 2.05) is 0 Å². The number of hydrogen-bond donors (Lipinski definition) is 2. The molecule has 2 aromatic rings. The molecule has 0 unspecified atom stereocenters. The zero-order valence-corrected chi connectivity index (χ0v) is 11.4. The van der Waals surface area contributed by atoms with Gasteiger partial charge in [0, 0.05) is 17.3 Å². The van der Waals surface area contributed by atoms with Crippen molar-refractivity contribution in [2.75, 3.05) is 5.32 Å². The monoisotopic (exact) mass is 325 g/mol. The first kappa shape index (κ1) is 16.3. The summed E-state index contributed by atoms with van der Waals surface area (Å²) in [4.78, 5) is 21.0. The molecule has 120 valence electrons. The molecule has 0 bridgehead atoms. The second-order valence-corrected chi connectivity index (χ2v) is 4.55. The highest BCUT2D eigenvalue weighted by Crippen LogP contribution is 2.36. The van der Waals surface area contributed by atoms with Gasteiger partial charge in [-0.15, -0.1) is 0 Å². The van der Waals surface area contributed by atoms with Crippen LogP contribution in [0.5, 0.6) is 0 Å². The predicted octanol–water partition coefficient (Wildman–Crippen LogP) is 3.46. The second-order valence-electron chi connectivity index (χ2n) is 4.55.